The molecule has 1 rings (SSSR count). The lowest BCUT2D eigenvalue weighted by molar-refractivity contribution is 0.0692. The largest absolute Gasteiger partial charge is 0.478 e. The van der Waals surface area contributed by atoms with Crippen LogP contribution in [0.15, 0.2) is 12.5 Å². The van der Waals surface area contributed by atoms with Crippen molar-refractivity contribution in [3.05, 3.63) is 23.8 Å². The van der Waals surface area contributed by atoms with Crippen LogP contribution in [0.1, 0.15) is 29.9 Å². The van der Waals surface area contributed by atoms with E-state index >= 15 is 0 Å². The smallest absolute Gasteiger partial charge is 0.339 e. The molecule has 0 atom stereocenters. The highest BCUT2D eigenvalue weighted by molar-refractivity contribution is 5.88. The van der Waals surface area contributed by atoms with Gasteiger partial charge in [0.05, 0.1) is 12.3 Å². The van der Waals surface area contributed by atoms with Crippen LogP contribution in [-0.2, 0) is 6.54 Å². The Kier molecular flexibility index (Phi) is 4.99. The molecule has 0 aliphatic rings. The van der Waals surface area contributed by atoms with Gasteiger partial charge in [0.1, 0.15) is 11.9 Å². The Labute approximate surface area is 99.9 Å². The summed E-state index contributed by atoms with van der Waals surface area (Å²) in [5, 5.41) is 18.0. The highest BCUT2D eigenvalue weighted by Gasteiger charge is 2.16. The normalized spacial score (nSPS) is 11.1. The maximum Gasteiger partial charge on any atom is 0.339 e. The van der Waals surface area contributed by atoms with Crippen LogP contribution in [0.4, 0.5) is 0 Å². The Balaban J connectivity index is 2.88. The van der Waals surface area contributed by atoms with Crippen molar-refractivity contribution in [2.45, 2.75) is 26.4 Å². The van der Waals surface area contributed by atoms with Gasteiger partial charge in [-0.05, 0) is 13.8 Å². The number of aromatic carboxylic acids is 1. The lowest BCUT2D eigenvalue weighted by Crippen LogP contribution is -2.33. The maximum absolute atomic E-state index is 11.0. The molecule has 0 spiro atoms. The van der Waals surface area contributed by atoms with Crippen molar-refractivity contribution in [3.63, 3.8) is 0 Å². The lowest BCUT2D eigenvalue weighted by atomic mass is 10.2. The number of hydrogen-bond donors (Lipinski definition) is 2. The SMILES string of the molecule is CC(C)N(CCO)Cc1ncncc1C(=O)O. The van der Waals surface area contributed by atoms with Gasteiger partial charge in [-0.3, -0.25) is 4.90 Å². The van der Waals surface area contributed by atoms with E-state index in [9.17, 15) is 4.79 Å². The first-order valence-electron chi connectivity index (χ1n) is 5.43. The van der Waals surface area contributed by atoms with Crippen LogP contribution in [0.2, 0.25) is 0 Å². The van der Waals surface area contributed by atoms with Crippen LogP contribution in [0.3, 0.4) is 0 Å². The van der Waals surface area contributed by atoms with Gasteiger partial charge in [0.25, 0.3) is 0 Å². The van der Waals surface area contributed by atoms with Crippen molar-refractivity contribution in [3.8, 4) is 0 Å². The van der Waals surface area contributed by atoms with Gasteiger partial charge >= 0.3 is 5.97 Å². The molecule has 0 aromatic carbocycles. The van der Waals surface area contributed by atoms with Crippen LogP contribution < -0.4 is 0 Å². The lowest BCUT2D eigenvalue weighted by Gasteiger charge is -2.25. The fourth-order valence-electron chi connectivity index (χ4n) is 1.50. The predicted molar refractivity (Wildman–Crippen MR) is 61.6 cm³/mol. The molecule has 1 aromatic heterocycles. The zero-order valence-electron chi connectivity index (χ0n) is 10.00. The van der Waals surface area contributed by atoms with E-state index in [-0.39, 0.29) is 18.2 Å². The quantitative estimate of drug-likeness (QED) is 0.746. The fraction of sp³-hybridized carbons (Fsp3) is 0.545. The molecule has 0 saturated heterocycles. The third kappa shape index (κ3) is 3.76. The molecule has 0 aliphatic heterocycles. The monoisotopic (exact) mass is 239 g/mol. The first-order valence-corrected chi connectivity index (χ1v) is 5.43. The fourth-order valence-corrected chi connectivity index (χ4v) is 1.50. The summed E-state index contributed by atoms with van der Waals surface area (Å²) in [6, 6.07) is 0.207. The second-order valence-electron chi connectivity index (χ2n) is 3.98. The molecule has 0 unspecified atom stereocenters. The van der Waals surface area contributed by atoms with Gasteiger partial charge in [0.2, 0.25) is 0 Å². The second kappa shape index (κ2) is 6.27. The number of carboxylic acids is 1. The van der Waals surface area contributed by atoms with E-state index in [2.05, 4.69) is 9.97 Å². The standard InChI is InChI=1S/C11H17N3O3/c1-8(2)14(3-4-15)6-10-9(11(16)17)5-12-7-13-10/h5,7-8,15H,3-4,6H2,1-2H3,(H,16,17). The average molecular weight is 239 g/mol. The van der Waals surface area contributed by atoms with E-state index < -0.39 is 5.97 Å². The minimum Gasteiger partial charge on any atom is -0.478 e. The van der Waals surface area contributed by atoms with E-state index in [1.165, 1.54) is 12.5 Å². The van der Waals surface area contributed by atoms with Crippen LogP contribution in [-0.4, -0.2) is 50.2 Å². The van der Waals surface area contributed by atoms with Gasteiger partial charge in [-0.25, -0.2) is 14.8 Å². The van der Waals surface area contributed by atoms with Gasteiger partial charge in [-0.2, -0.15) is 0 Å². The van der Waals surface area contributed by atoms with Crippen LogP contribution >= 0.6 is 0 Å². The number of nitrogens with zero attached hydrogens (tertiary/aromatic N) is 3. The average Bonchev–Trinajstić information content (AvgIpc) is 2.28. The Morgan fingerprint density at radius 2 is 2.24 bits per heavy atom. The van der Waals surface area contributed by atoms with Crippen molar-refractivity contribution < 1.29 is 15.0 Å². The third-order valence-electron chi connectivity index (χ3n) is 2.50. The minimum atomic E-state index is -1.03. The molecule has 0 fully saturated rings. The summed E-state index contributed by atoms with van der Waals surface area (Å²) in [6.07, 6.45) is 2.63. The number of carbonyl (C=O) groups is 1. The van der Waals surface area contributed by atoms with Crippen molar-refractivity contribution in [1.29, 1.82) is 0 Å². The van der Waals surface area contributed by atoms with E-state index in [0.717, 1.165) is 0 Å². The number of aliphatic hydroxyl groups excluding tert-OH is 1. The predicted octanol–water partition coefficient (Wildman–Crippen LogP) is 0.377. The topological polar surface area (TPSA) is 86.5 Å². The van der Waals surface area contributed by atoms with Gasteiger partial charge in [-0.1, -0.05) is 0 Å². The number of aliphatic hydroxyl groups is 1. The molecule has 0 saturated carbocycles. The first kappa shape index (κ1) is 13.5. The molecule has 0 bridgehead atoms. The molecule has 1 aromatic rings. The molecule has 0 amide bonds. The van der Waals surface area contributed by atoms with Gasteiger partial charge in [0, 0.05) is 25.3 Å². The number of carboxylic acid groups (broad SMARTS) is 1. The summed E-state index contributed by atoms with van der Waals surface area (Å²) in [5.41, 5.74) is 0.575. The molecule has 2 N–H and O–H groups in total. The maximum atomic E-state index is 11.0. The zero-order chi connectivity index (χ0) is 12.8. The summed E-state index contributed by atoms with van der Waals surface area (Å²) in [4.78, 5) is 20.6. The molecule has 6 heteroatoms. The molecule has 17 heavy (non-hydrogen) atoms. The van der Waals surface area contributed by atoms with Crippen molar-refractivity contribution in [1.82, 2.24) is 14.9 Å². The van der Waals surface area contributed by atoms with Crippen LogP contribution in [0.5, 0.6) is 0 Å². The molecular weight excluding hydrogens is 222 g/mol. The highest BCUT2D eigenvalue weighted by Crippen LogP contribution is 2.09. The van der Waals surface area contributed by atoms with E-state index in [0.29, 0.717) is 18.8 Å². The summed E-state index contributed by atoms with van der Waals surface area (Å²) >= 11 is 0. The molecular formula is C11H17N3O3. The Morgan fingerprint density at radius 3 is 2.76 bits per heavy atom. The second-order valence-corrected chi connectivity index (χ2v) is 3.98. The number of aromatic nitrogens is 2. The van der Waals surface area contributed by atoms with Gasteiger partial charge in [0.15, 0.2) is 0 Å². The Morgan fingerprint density at radius 1 is 1.53 bits per heavy atom. The molecule has 0 aliphatic carbocycles. The zero-order valence-corrected chi connectivity index (χ0v) is 10.00. The first-order chi connectivity index (χ1) is 8.06. The van der Waals surface area contributed by atoms with Crippen LogP contribution in [0, 0.1) is 0 Å². The molecule has 94 valence electrons. The summed E-state index contributed by atoms with van der Waals surface area (Å²) < 4.78 is 0. The Hall–Kier alpha value is -1.53. The summed E-state index contributed by atoms with van der Waals surface area (Å²) in [7, 11) is 0. The number of hydrogen-bond acceptors (Lipinski definition) is 5. The third-order valence-corrected chi connectivity index (χ3v) is 2.50. The Bertz CT molecular complexity index is 382. The van der Waals surface area contributed by atoms with Crippen molar-refractivity contribution >= 4 is 5.97 Å². The molecule has 6 nitrogen and oxygen atoms in total. The van der Waals surface area contributed by atoms with Crippen LogP contribution in [0.25, 0.3) is 0 Å². The van der Waals surface area contributed by atoms with Crippen molar-refractivity contribution in [2.24, 2.45) is 0 Å². The number of rotatable bonds is 6. The minimum absolute atomic E-state index is 0.0334. The highest BCUT2D eigenvalue weighted by atomic mass is 16.4. The van der Waals surface area contributed by atoms with Gasteiger partial charge < -0.3 is 10.2 Å². The van der Waals surface area contributed by atoms with E-state index in [4.69, 9.17) is 10.2 Å². The molecule has 1 heterocycles. The van der Waals surface area contributed by atoms with E-state index in [1.54, 1.807) is 0 Å². The molecule has 0 radical (unpaired) electrons. The van der Waals surface area contributed by atoms with E-state index in [1.807, 2.05) is 18.7 Å². The summed E-state index contributed by atoms with van der Waals surface area (Å²) in [5.74, 6) is -1.03. The van der Waals surface area contributed by atoms with Crippen molar-refractivity contribution in [2.75, 3.05) is 13.2 Å². The summed E-state index contributed by atoms with van der Waals surface area (Å²) in [6.45, 7) is 4.88. The van der Waals surface area contributed by atoms with Gasteiger partial charge in [-0.15, -0.1) is 0 Å².